The first-order valence-electron chi connectivity index (χ1n) is 7.02. The third kappa shape index (κ3) is 3.69. The van der Waals surface area contributed by atoms with Crippen molar-refractivity contribution in [1.29, 1.82) is 0 Å². The molecule has 7 heteroatoms. The number of nitrogens with zero attached hydrogens (tertiary/aromatic N) is 1. The van der Waals surface area contributed by atoms with Gasteiger partial charge in [0, 0.05) is 11.6 Å². The van der Waals surface area contributed by atoms with E-state index in [2.05, 4.69) is 5.32 Å². The quantitative estimate of drug-likeness (QED) is 0.338. The van der Waals surface area contributed by atoms with Gasteiger partial charge in [0.1, 0.15) is 5.69 Å². The molecule has 2 rings (SSSR count). The maximum atomic E-state index is 12.2. The molecule has 0 radical (unpaired) electrons. The summed E-state index contributed by atoms with van der Waals surface area (Å²) in [5.74, 6) is -0.373. The van der Waals surface area contributed by atoms with Crippen LogP contribution in [0.1, 0.15) is 42.5 Å². The Bertz CT molecular complexity index is 547. The lowest BCUT2D eigenvalue weighted by Crippen LogP contribution is -2.42. The molecule has 2 unspecified atom stereocenters. The molecule has 1 aromatic rings. The molecule has 1 amide bonds. The van der Waals surface area contributed by atoms with Gasteiger partial charge in [-0.15, -0.1) is 0 Å². The smallest absolute Gasteiger partial charge is 0.292 e. The van der Waals surface area contributed by atoms with E-state index < -0.39 is 11.0 Å². The van der Waals surface area contributed by atoms with E-state index in [0.717, 1.165) is 25.7 Å². The zero-order chi connectivity index (χ0) is 15.4. The Morgan fingerprint density at radius 2 is 2.05 bits per heavy atom. The number of aliphatic hydroxyl groups is 1. The number of nitrogens with two attached hydrogens (primary N) is 1. The standard InChI is InChI=1S/C14H19N3O4/c15-10-8-9(6-7-12(10)17(20)21)14(19)16-11-4-2-1-3-5-13(11)18/h6-8,11,13,18H,1-5,15H2,(H,16,19). The van der Waals surface area contributed by atoms with Gasteiger partial charge in [-0.1, -0.05) is 19.3 Å². The third-order valence-corrected chi connectivity index (χ3v) is 3.78. The summed E-state index contributed by atoms with van der Waals surface area (Å²) in [7, 11) is 0. The molecular formula is C14H19N3O4. The summed E-state index contributed by atoms with van der Waals surface area (Å²) in [5.41, 5.74) is 5.56. The number of benzene rings is 1. The number of carbonyl (C=O) groups excluding carboxylic acids is 1. The van der Waals surface area contributed by atoms with Crippen LogP contribution in [0.5, 0.6) is 0 Å². The number of nitrogen functional groups attached to an aromatic ring is 1. The molecule has 0 saturated heterocycles. The first-order chi connectivity index (χ1) is 9.99. The second kappa shape index (κ2) is 6.53. The molecule has 4 N–H and O–H groups in total. The number of anilines is 1. The summed E-state index contributed by atoms with van der Waals surface area (Å²) < 4.78 is 0. The van der Waals surface area contributed by atoms with Gasteiger partial charge < -0.3 is 16.2 Å². The average Bonchev–Trinajstić information content (AvgIpc) is 2.63. The van der Waals surface area contributed by atoms with Gasteiger partial charge in [-0.25, -0.2) is 0 Å². The van der Waals surface area contributed by atoms with Crippen LogP contribution in [-0.2, 0) is 0 Å². The average molecular weight is 293 g/mol. The lowest BCUT2D eigenvalue weighted by atomic mass is 10.1. The second-order valence-electron chi connectivity index (χ2n) is 5.32. The Balaban J connectivity index is 2.09. The summed E-state index contributed by atoms with van der Waals surface area (Å²) in [6, 6.07) is 3.59. The minimum atomic E-state index is -0.591. The number of nitro groups is 1. The number of rotatable bonds is 3. The molecule has 0 aromatic heterocycles. The molecule has 0 spiro atoms. The predicted molar refractivity (Wildman–Crippen MR) is 77.9 cm³/mol. The summed E-state index contributed by atoms with van der Waals surface area (Å²) in [6.45, 7) is 0. The van der Waals surface area contributed by atoms with Crippen molar-refractivity contribution in [2.24, 2.45) is 0 Å². The van der Waals surface area contributed by atoms with E-state index >= 15 is 0 Å². The van der Waals surface area contributed by atoms with Crippen LogP contribution in [0.4, 0.5) is 11.4 Å². The highest BCUT2D eigenvalue weighted by atomic mass is 16.6. The molecule has 1 aliphatic carbocycles. The third-order valence-electron chi connectivity index (χ3n) is 3.78. The first kappa shape index (κ1) is 15.2. The summed E-state index contributed by atoms with van der Waals surface area (Å²) in [4.78, 5) is 22.3. The number of nitro benzene ring substituents is 1. The van der Waals surface area contributed by atoms with Gasteiger partial charge in [-0.05, 0) is 25.0 Å². The summed E-state index contributed by atoms with van der Waals surface area (Å²) in [5, 5.41) is 23.5. The van der Waals surface area contributed by atoms with Crippen LogP contribution in [0, 0.1) is 10.1 Å². The van der Waals surface area contributed by atoms with Crippen molar-refractivity contribution < 1.29 is 14.8 Å². The molecule has 7 nitrogen and oxygen atoms in total. The first-order valence-corrected chi connectivity index (χ1v) is 7.02. The maximum absolute atomic E-state index is 12.2. The molecule has 1 aromatic carbocycles. The van der Waals surface area contributed by atoms with E-state index in [0.29, 0.717) is 6.42 Å². The van der Waals surface area contributed by atoms with E-state index in [1.165, 1.54) is 18.2 Å². The molecule has 114 valence electrons. The van der Waals surface area contributed by atoms with Crippen LogP contribution >= 0.6 is 0 Å². The predicted octanol–water partition coefficient (Wildman–Crippen LogP) is 1.60. The van der Waals surface area contributed by atoms with Gasteiger partial charge in [0.05, 0.1) is 17.1 Å². The van der Waals surface area contributed by atoms with E-state index in [-0.39, 0.29) is 28.9 Å². The molecule has 1 saturated carbocycles. The van der Waals surface area contributed by atoms with Gasteiger partial charge >= 0.3 is 0 Å². The van der Waals surface area contributed by atoms with Gasteiger partial charge in [0.15, 0.2) is 0 Å². The van der Waals surface area contributed by atoms with E-state index in [4.69, 9.17) is 5.73 Å². The van der Waals surface area contributed by atoms with Crippen molar-refractivity contribution in [3.63, 3.8) is 0 Å². The fourth-order valence-corrected chi connectivity index (χ4v) is 2.57. The van der Waals surface area contributed by atoms with Crippen LogP contribution in [0.3, 0.4) is 0 Å². The lowest BCUT2D eigenvalue weighted by molar-refractivity contribution is -0.383. The van der Waals surface area contributed by atoms with Crippen LogP contribution in [-0.4, -0.2) is 28.1 Å². The molecule has 0 bridgehead atoms. The van der Waals surface area contributed by atoms with Crippen LogP contribution in [0.2, 0.25) is 0 Å². The normalized spacial score (nSPS) is 22.3. The highest BCUT2D eigenvalue weighted by Gasteiger charge is 2.24. The largest absolute Gasteiger partial charge is 0.393 e. The minimum absolute atomic E-state index is 0.0472. The van der Waals surface area contributed by atoms with Crippen LogP contribution in [0.15, 0.2) is 18.2 Å². The highest BCUT2D eigenvalue weighted by molar-refractivity contribution is 5.96. The Morgan fingerprint density at radius 3 is 2.71 bits per heavy atom. The van der Waals surface area contributed by atoms with Gasteiger partial charge in [0.25, 0.3) is 11.6 Å². The van der Waals surface area contributed by atoms with Crippen molar-refractivity contribution >= 4 is 17.3 Å². The molecular weight excluding hydrogens is 274 g/mol. The molecule has 1 aliphatic rings. The van der Waals surface area contributed by atoms with Crippen molar-refractivity contribution in [3.8, 4) is 0 Å². The van der Waals surface area contributed by atoms with Gasteiger partial charge in [0.2, 0.25) is 0 Å². The van der Waals surface area contributed by atoms with Crippen molar-refractivity contribution in [2.45, 2.75) is 44.2 Å². The molecule has 1 fully saturated rings. The number of carbonyl (C=O) groups is 1. The van der Waals surface area contributed by atoms with Crippen LogP contribution < -0.4 is 11.1 Å². The van der Waals surface area contributed by atoms with E-state index in [1.54, 1.807) is 0 Å². The number of hydrogen-bond acceptors (Lipinski definition) is 5. The topological polar surface area (TPSA) is 118 Å². The second-order valence-corrected chi connectivity index (χ2v) is 5.32. The monoisotopic (exact) mass is 293 g/mol. The summed E-state index contributed by atoms with van der Waals surface area (Å²) >= 11 is 0. The number of nitrogens with one attached hydrogen (secondary N) is 1. The van der Waals surface area contributed by atoms with E-state index in [9.17, 15) is 20.0 Å². The van der Waals surface area contributed by atoms with Crippen molar-refractivity contribution in [2.75, 3.05) is 5.73 Å². The minimum Gasteiger partial charge on any atom is -0.393 e. The SMILES string of the molecule is Nc1cc(C(=O)NC2CCCCCC2O)ccc1[N+](=O)[O-]. The van der Waals surface area contributed by atoms with Gasteiger partial charge in [-0.2, -0.15) is 0 Å². The van der Waals surface area contributed by atoms with E-state index in [1.807, 2.05) is 0 Å². The Labute approximate surface area is 122 Å². The highest BCUT2D eigenvalue weighted by Crippen LogP contribution is 2.23. The molecule has 0 aliphatic heterocycles. The molecule has 21 heavy (non-hydrogen) atoms. The Kier molecular flexibility index (Phi) is 4.74. The Hall–Kier alpha value is -2.15. The lowest BCUT2D eigenvalue weighted by Gasteiger charge is -2.21. The fourth-order valence-electron chi connectivity index (χ4n) is 2.57. The number of aliphatic hydroxyl groups excluding tert-OH is 1. The van der Waals surface area contributed by atoms with Crippen molar-refractivity contribution in [3.05, 3.63) is 33.9 Å². The summed E-state index contributed by atoms with van der Waals surface area (Å²) in [6.07, 6.45) is 3.82. The number of hydrogen-bond donors (Lipinski definition) is 3. The zero-order valence-electron chi connectivity index (χ0n) is 11.6. The fraction of sp³-hybridized carbons (Fsp3) is 0.500. The number of amides is 1. The molecule has 2 atom stereocenters. The molecule has 0 heterocycles. The maximum Gasteiger partial charge on any atom is 0.292 e. The van der Waals surface area contributed by atoms with Crippen LogP contribution in [0.25, 0.3) is 0 Å². The van der Waals surface area contributed by atoms with Gasteiger partial charge in [-0.3, -0.25) is 14.9 Å². The Morgan fingerprint density at radius 1 is 1.33 bits per heavy atom. The van der Waals surface area contributed by atoms with Crippen molar-refractivity contribution in [1.82, 2.24) is 5.32 Å². The zero-order valence-corrected chi connectivity index (χ0v) is 11.6.